The van der Waals surface area contributed by atoms with E-state index in [4.69, 9.17) is 21.7 Å². The summed E-state index contributed by atoms with van der Waals surface area (Å²) >= 11 is 5.39. The molecule has 2 aromatic carbocycles. The number of rotatable bonds is 6. The van der Waals surface area contributed by atoms with Crippen LogP contribution in [0.3, 0.4) is 0 Å². The molecule has 7 nitrogen and oxygen atoms in total. The van der Waals surface area contributed by atoms with Gasteiger partial charge in [0.2, 0.25) is 0 Å². The first-order valence-electron chi connectivity index (χ1n) is 7.42. The van der Waals surface area contributed by atoms with Crippen molar-refractivity contribution in [3.8, 4) is 11.5 Å². The SMILES string of the molecule is COc1cccc(CN(C)C(=S)Nc2ccc([N+](=O)[O-])cc2)c1OC. The van der Waals surface area contributed by atoms with Gasteiger partial charge in [0, 0.05) is 37.0 Å². The molecule has 0 aliphatic rings. The number of non-ortho nitro benzene ring substituents is 1. The van der Waals surface area contributed by atoms with Crippen molar-refractivity contribution >= 4 is 28.7 Å². The van der Waals surface area contributed by atoms with Gasteiger partial charge in [0.15, 0.2) is 16.6 Å². The van der Waals surface area contributed by atoms with Crippen LogP contribution in [0.5, 0.6) is 11.5 Å². The molecule has 0 heterocycles. The highest BCUT2D eigenvalue weighted by molar-refractivity contribution is 7.80. The average molecular weight is 361 g/mol. The molecule has 0 aromatic heterocycles. The quantitative estimate of drug-likeness (QED) is 0.480. The monoisotopic (exact) mass is 361 g/mol. The first-order chi connectivity index (χ1) is 12.0. The minimum Gasteiger partial charge on any atom is -0.493 e. The molecule has 0 fully saturated rings. The molecule has 0 saturated heterocycles. The Morgan fingerprint density at radius 1 is 1.20 bits per heavy atom. The van der Waals surface area contributed by atoms with Crippen molar-refractivity contribution in [1.82, 2.24) is 4.90 Å². The lowest BCUT2D eigenvalue weighted by molar-refractivity contribution is -0.384. The molecule has 132 valence electrons. The van der Waals surface area contributed by atoms with Crippen molar-refractivity contribution in [3.63, 3.8) is 0 Å². The van der Waals surface area contributed by atoms with Gasteiger partial charge < -0.3 is 19.7 Å². The lowest BCUT2D eigenvalue weighted by Gasteiger charge is -2.22. The second-order valence-corrected chi connectivity index (χ2v) is 5.63. The Morgan fingerprint density at radius 3 is 2.44 bits per heavy atom. The molecule has 2 rings (SSSR count). The van der Waals surface area contributed by atoms with Crippen LogP contribution in [0.2, 0.25) is 0 Å². The predicted molar refractivity (Wildman–Crippen MR) is 100 cm³/mol. The van der Waals surface area contributed by atoms with Crippen LogP contribution in [0, 0.1) is 10.1 Å². The Balaban J connectivity index is 2.06. The van der Waals surface area contributed by atoms with Crippen LogP contribution >= 0.6 is 12.2 Å². The van der Waals surface area contributed by atoms with Crippen molar-refractivity contribution in [1.29, 1.82) is 0 Å². The van der Waals surface area contributed by atoms with Gasteiger partial charge in [-0.25, -0.2) is 0 Å². The van der Waals surface area contributed by atoms with E-state index in [2.05, 4.69) is 5.32 Å². The average Bonchev–Trinajstić information content (AvgIpc) is 2.61. The molecular formula is C17H19N3O4S. The van der Waals surface area contributed by atoms with E-state index in [1.807, 2.05) is 30.1 Å². The zero-order chi connectivity index (χ0) is 18.4. The third-order valence-electron chi connectivity index (χ3n) is 3.57. The van der Waals surface area contributed by atoms with Gasteiger partial charge in [0.1, 0.15) is 0 Å². The lowest BCUT2D eigenvalue weighted by Crippen LogP contribution is -2.30. The van der Waals surface area contributed by atoms with Crippen LogP contribution < -0.4 is 14.8 Å². The Kier molecular flexibility index (Phi) is 6.13. The molecule has 0 bridgehead atoms. The maximum Gasteiger partial charge on any atom is 0.269 e. The van der Waals surface area contributed by atoms with Crippen LogP contribution in [0.4, 0.5) is 11.4 Å². The number of hydrogen-bond acceptors (Lipinski definition) is 5. The highest BCUT2D eigenvalue weighted by atomic mass is 32.1. The highest BCUT2D eigenvalue weighted by Gasteiger charge is 2.13. The summed E-state index contributed by atoms with van der Waals surface area (Å²) in [6.07, 6.45) is 0. The maximum atomic E-state index is 10.7. The largest absolute Gasteiger partial charge is 0.493 e. The number of benzene rings is 2. The summed E-state index contributed by atoms with van der Waals surface area (Å²) in [5.41, 5.74) is 1.64. The second-order valence-electron chi connectivity index (χ2n) is 5.24. The van der Waals surface area contributed by atoms with Gasteiger partial charge in [-0.3, -0.25) is 10.1 Å². The molecule has 25 heavy (non-hydrogen) atoms. The van der Waals surface area contributed by atoms with E-state index >= 15 is 0 Å². The van der Waals surface area contributed by atoms with Gasteiger partial charge in [-0.05, 0) is 30.4 Å². The second kappa shape index (κ2) is 8.29. The molecule has 0 atom stereocenters. The first-order valence-corrected chi connectivity index (χ1v) is 7.83. The molecule has 1 N–H and O–H groups in total. The topological polar surface area (TPSA) is 76.9 Å². The number of ether oxygens (including phenoxy) is 2. The summed E-state index contributed by atoms with van der Waals surface area (Å²) < 4.78 is 10.7. The molecular weight excluding hydrogens is 342 g/mol. The van der Waals surface area contributed by atoms with Crippen molar-refractivity contribution in [2.45, 2.75) is 6.54 Å². The summed E-state index contributed by atoms with van der Waals surface area (Å²) in [5, 5.41) is 14.2. The summed E-state index contributed by atoms with van der Waals surface area (Å²) in [6.45, 7) is 0.513. The van der Waals surface area contributed by atoms with Crippen molar-refractivity contribution < 1.29 is 14.4 Å². The molecule has 0 spiro atoms. The number of nitrogens with one attached hydrogen (secondary N) is 1. The molecule has 0 aliphatic carbocycles. The first kappa shape index (κ1) is 18.5. The maximum absolute atomic E-state index is 10.7. The van der Waals surface area contributed by atoms with Crippen molar-refractivity contribution in [2.24, 2.45) is 0 Å². The standard InChI is InChI=1S/C17H19N3O4S/c1-19(11-12-5-4-6-15(23-2)16(12)24-3)17(25)18-13-7-9-14(10-8-13)20(21)22/h4-10H,11H2,1-3H3,(H,18,25). The number of para-hydroxylation sites is 1. The normalized spacial score (nSPS) is 10.0. The van der Waals surface area contributed by atoms with Gasteiger partial charge in [-0.15, -0.1) is 0 Å². The van der Waals surface area contributed by atoms with E-state index in [0.29, 0.717) is 28.8 Å². The molecule has 0 radical (unpaired) electrons. The molecule has 0 amide bonds. The smallest absolute Gasteiger partial charge is 0.269 e. The zero-order valence-electron chi connectivity index (χ0n) is 14.2. The van der Waals surface area contributed by atoms with Gasteiger partial charge in [0.25, 0.3) is 5.69 Å². The number of anilines is 1. The Hall–Kier alpha value is -2.87. The number of nitrogens with zero attached hydrogens (tertiary/aromatic N) is 2. The van der Waals surface area contributed by atoms with Crippen LogP contribution in [0.1, 0.15) is 5.56 Å². The third-order valence-corrected chi connectivity index (χ3v) is 3.98. The summed E-state index contributed by atoms with van der Waals surface area (Å²) in [4.78, 5) is 12.1. The molecule has 0 unspecified atom stereocenters. The third kappa shape index (κ3) is 4.57. The summed E-state index contributed by atoms with van der Waals surface area (Å²) in [7, 11) is 5.03. The summed E-state index contributed by atoms with van der Waals surface area (Å²) in [5.74, 6) is 1.32. The van der Waals surface area contributed by atoms with E-state index in [1.54, 1.807) is 26.4 Å². The molecule has 0 aliphatic heterocycles. The number of thiocarbonyl (C=S) groups is 1. The van der Waals surface area contributed by atoms with E-state index < -0.39 is 4.92 Å². The minimum atomic E-state index is -0.441. The fraction of sp³-hybridized carbons (Fsp3) is 0.235. The van der Waals surface area contributed by atoms with E-state index in [1.165, 1.54) is 12.1 Å². The molecule has 8 heteroatoms. The highest BCUT2D eigenvalue weighted by Crippen LogP contribution is 2.31. The van der Waals surface area contributed by atoms with Crippen molar-refractivity contribution in [3.05, 3.63) is 58.1 Å². The number of methoxy groups -OCH3 is 2. The fourth-order valence-electron chi connectivity index (χ4n) is 2.29. The summed E-state index contributed by atoms with van der Waals surface area (Å²) in [6, 6.07) is 11.7. The van der Waals surface area contributed by atoms with E-state index in [-0.39, 0.29) is 5.69 Å². The molecule has 0 saturated carbocycles. The number of hydrogen-bond donors (Lipinski definition) is 1. The predicted octanol–water partition coefficient (Wildman–Crippen LogP) is 3.44. The Morgan fingerprint density at radius 2 is 1.88 bits per heavy atom. The number of nitro groups is 1. The zero-order valence-corrected chi connectivity index (χ0v) is 15.0. The Labute approximate surface area is 151 Å². The van der Waals surface area contributed by atoms with Crippen LogP contribution in [-0.4, -0.2) is 36.2 Å². The fourth-order valence-corrected chi connectivity index (χ4v) is 2.47. The molecule has 2 aromatic rings. The van der Waals surface area contributed by atoms with Crippen LogP contribution in [0.25, 0.3) is 0 Å². The van der Waals surface area contributed by atoms with Crippen LogP contribution in [-0.2, 0) is 6.54 Å². The Bertz CT molecular complexity index is 765. The van der Waals surface area contributed by atoms with E-state index in [0.717, 1.165) is 5.56 Å². The van der Waals surface area contributed by atoms with Gasteiger partial charge in [-0.1, -0.05) is 12.1 Å². The van der Waals surface area contributed by atoms with Gasteiger partial charge >= 0.3 is 0 Å². The van der Waals surface area contributed by atoms with Crippen LogP contribution in [0.15, 0.2) is 42.5 Å². The van der Waals surface area contributed by atoms with E-state index in [9.17, 15) is 10.1 Å². The lowest BCUT2D eigenvalue weighted by atomic mass is 10.1. The van der Waals surface area contributed by atoms with Crippen molar-refractivity contribution in [2.75, 3.05) is 26.6 Å². The van der Waals surface area contributed by atoms with Gasteiger partial charge in [-0.2, -0.15) is 0 Å². The minimum absolute atomic E-state index is 0.0333. The van der Waals surface area contributed by atoms with Gasteiger partial charge in [0.05, 0.1) is 19.1 Å². The number of nitro benzene ring substituents is 1.